The molecule has 0 fully saturated rings. The number of unbranched alkanes of at least 4 members (excludes halogenated alkanes) is 4. The fourth-order valence-electron chi connectivity index (χ4n) is 4.78. The van der Waals surface area contributed by atoms with Gasteiger partial charge in [0.15, 0.2) is 11.6 Å². The lowest BCUT2D eigenvalue weighted by atomic mass is 9.97. The molecule has 0 atom stereocenters. The first kappa shape index (κ1) is 23.0. The van der Waals surface area contributed by atoms with Crippen molar-refractivity contribution in [2.24, 2.45) is 0 Å². The number of ketones is 2. The van der Waals surface area contributed by atoms with Gasteiger partial charge >= 0.3 is 0 Å². The largest absolute Gasteiger partial charge is 0.341 e. The lowest BCUT2D eigenvalue weighted by Crippen LogP contribution is -2.03. The molecular weight excluding hydrogens is 406 g/mol. The van der Waals surface area contributed by atoms with E-state index in [1.54, 1.807) is 0 Å². The first-order valence-electron chi connectivity index (χ1n) is 12.2. The van der Waals surface area contributed by atoms with Gasteiger partial charge in [-0.3, -0.25) is 9.59 Å². The second-order valence-corrected chi connectivity index (χ2v) is 8.94. The second-order valence-electron chi connectivity index (χ2n) is 8.94. The number of aryl methyl sites for hydroxylation is 2. The predicted octanol–water partition coefficient (Wildman–Crippen LogP) is 7.90. The van der Waals surface area contributed by atoms with Crippen molar-refractivity contribution in [3.63, 3.8) is 0 Å². The summed E-state index contributed by atoms with van der Waals surface area (Å²) in [5, 5.41) is 2.08. The number of rotatable bonds is 10. The average Bonchev–Trinajstić information content (AvgIpc) is 3.15. The van der Waals surface area contributed by atoms with Gasteiger partial charge in [-0.1, -0.05) is 56.9 Å². The van der Waals surface area contributed by atoms with Crippen LogP contribution in [0.2, 0.25) is 0 Å². The summed E-state index contributed by atoms with van der Waals surface area (Å²) in [7, 11) is 0. The monoisotopic (exact) mass is 439 g/mol. The topological polar surface area (TPSA) is 39.1 Å². The van der Waals surface area contributed by atoms with Crippen molar-refractivity contribution in [1.29, 1.82) is 0 Å². The van der Waals surface area contributed by atoms with Crippen LogP contribution in [-0.4, -0.2) is 16.1 Å². The predicted molar refractivity (Wildman–Crippen MR) is 137 cm³/mol. The highest BCUT2D eigenvalue weighted by Crippen LogP contribution is 2.32. The molecule has 3 aromatic carbocycles. The fourth-order valence-corrected chi connectivity index (χ4v) is 4.78. The van der Waals surface area contributed by atoms with Crippen LogP contribution in [0.1, 0.15) is 84.2 Å². The van der Waals surface area contributed by atoms with Gasteiger partial charge in [0.05, 0.1) is 0 Å². The molecule has 0 bridgehead atoms. The van der Waals surface area contributed by atoms with Crippen molar-refractivity contribution in [1.82, 2.24) is 4.57 Å². The number of hydrogen-bond acceptors (Lipinski definition) is 2. The smallest absolute Gasteiger partial charge is 0.193 e. The molecule has 0 aliphatic rings. The van der Waals surface area contributed by atoms with E-state index < -0.39 is 0 Å². The van der Waals surface area contributed by atoms with Gasteiger partial charge in [0, 0.05) is 51.5 Å². The molecule has 0 unspecified atom stereocenters. The van der Waals surface area contributed by atoms with Gasteiger partial charge < -0.3 is 4.57 Å². The molecule has 1 aromatic heterocycles. The van der Waals surface area contributed by atoms with Crippen LogP contribution in [0.4, 0.5) is 0 Å². The maximum Gasteiger partial charge on any atom is 0.193 e. The Morgan fingerprint density at radius 2 is 1.39 bits per heavy atom. The summed E-state index contributed by atoms with van der Waals surface area (Å²) in [6, 6.07) is 19.7. The molecule has 33 heavy (non-hydrogen) atoms. The van der Waals surface area contributed by atoms with E-state index in [0.29, 0.717) is 12.0 Å². The zero-order chi connectivity index (χ0) is 23.4. The quantitative estimate of drug-likeness (QED) is 0.186. The molecule has 1 heterocycles. The first-order chi connectivity index (χ1) is 16.0. The van der Waals surface area contributed by atoms with Crippen molar-refractivity contribution in [3.05, 3.63) is 82.9 Å². The number of Topliss-reactive ketones (excluding diaryl/α,β-unsaturated/α-hetero) is 1. The molecule has 0 saturated carbocycles. The molecule has 0 N–H and O–H groups in total. The van der Waals surface area contributed by atoms with Gasteiger partial charge in [-0.2, -0.15) is 0 Å². The summed E-state index contributed by atoms with van der Waals surface area (Å²) in [5.74, 6) is 0.240. The third-order valence-electron chi connectivity index (χ3n) is 6.66. The number of carbonyl (C=O) groups is 2. The minimum atomic E-state index is 0.0340. The Hall–Kier alpha value is -3.20. The number of aromatic nitrogens is 1. The fraction of sp³-hybridized carbons (Fsp3) is 0.333. The maximum atomic E-state index is 13.2. The lowest BCUT2D eigenvalue weighted by Gasteiger charge is -2.06. The van der Waals surface area contributed by atoms with Crippen molar-refractivity contribution in [2.45, 2.75) is 65.8 Å². The molecule has 0 amide bonds. The average molecular weight is 440 g/mol. The van der Waals surface area contributed by atoms with Crippen LogP contribution in [0.15, 0.2) is 60.7 Å². The van der Waals surface area contributed by atoms with E-state index >= 15 is 0 Å². The summed E-state index contributed by atoms with van der Waals surface area (Å²) in [6.45, 7) is 7.12. The molecule has 3 nitrogen and oxygen atoms in total. The van der Waals surface area contributed by atoms with Crippen LogP contribution in [-0.2, 0) is 6.54 Å². The van der Waals surface area contributed by atoms with Crippen LogP contribution >= 0.6 is 0 Å². The van der Waals surface area contributed by atoms with E-state index in [1.165, 1.54) is 19.3 Å². The number of hydrogen-bond donors (Lipinski definition) is 0. The van der Waals surface area contributed by atoms with Crippen LogP contribution in [0.5, 0.6) is 0 Å². The molecule has 3 heteroatoms. The van der Waals surface area contributed by atoms with E-state index in [1.807, 2.05) is 61.5 Å². The van der Waals surface area contributed by atoms with E-state index in [4.69, 9.17) is 0 Å². The van der Waals surface area contributed by atoms with Gasteiger partial charge in [-0.05, 0) is 62.2 Å². The molecule has 170 valence electrons. The number of carbonyl (C=O) groups excluding carboxylic acids is 2. The van der Waals surface area contributed by atoms with Crippen LogP contribution in [0.3, 0.4) is 0 Å². The van der Waals surface area contributed by atoms with Crippen LogP contribution < -0.4 is 0 Å². The van der Waals surface area contributed by atoms with Gasteiger partial charge in [0.25, 0.3) is 0 Å². The zero-order valence-electron chi connectivity index (χ0n) is 20.0. The Balaban J connectivity index is 1.71. The highest BCUT2D eigenvalue weighted by atomic mass is 16.1. The summed E-state index contributed by atoms with van der Waals surface area (Å²) in [4.78, 5) is 26.1. The number of benzene rings is 3. The molecule has 0 spiro atoms. The van der Waals surface area contributed by atoms with Gasteiger partial charge in [0.1, 0.15) is 0 Å². The minimum Gasteiger partial charge on any atom is -0.341 e. The SMILES string of the molecule is CCCCCCCC(=O)c1ccc2c(c1)c1cc(C(=O)c3ccccc3C)ccc1n2CC. The number of nitrogens with zero attached hydrogens (tertiary/aromatic N) is 1. The van der Waals surface area contributed by atoms with E-state index in [2.05, 4.69) is 24.5 Å². The van der Waals surface area contributed by atoms with Crippen molar-refractivity contribution in [3.8, 4) is 0 Å². The Kier molecular flexibility index (Phi) is 7.08. The Morgan fingerprint density at radius 3 is 2.06 bits per heavy atom. The highest BCUT2D eigenvalue weighted by molar-refractivity contribution is 6.16. The zero-order valence-corrected chi connectivity index (χ0v) is 20.0. The van der Waals surface area contributed by atoms with E-state index in [-0.39, 0.29) is 11.6 Å². The second kappa shape index (κ2) is 10.2. The van der Waals surface area contributed by atoms with Crippen LogP contribution in [0, 0.1) is 6.92 Å². The minimum absolute atomic E-state index is 0.0340. The molecule has 4 aromatic rings. The standard InChI is InChI=1S/C30H33NO2/c1-4-6-7-8-9-14-29(32)22-15-17-27-25(19-22)26-20-23(16-18-28(26)31(27)5-2)30(33)24-13-11-10-12-21(24)3/h10-13,15-20H,4-9,14H2,1-3H3. The van der Waals surface area contributed by atoms with Gasteiger partial charge in [0.2, 0.25) is 0 Å². The molecule has 0 radical (unpaired) electrons. The summed E-state index contributed by atoms with van der Waals surface area (Å²) in [6.07, 6.45) is 6.30. The highest BCUT2D eigenvalue weighted by Gasteiger charge is 2.17. The molecule has 0 aliphatic heterocycles. The summed E-state index contributed by atoms with van der Waals surface area (Å²) < 4.78 is 2.26. The van der Waals surface area contributed by atoms with E-state index in [0.717, 1.165) is 57.9 Å². The Bertz CT molecular complexity index is 1310. The van der Waals surface area contributed by atoms with E-state index in [9.17, 15) is 9.59 Å². The summed E-state index contributed by atoms with van der Waals surface area (Å²) in [5.41, 5.74) is 5.36. The lowest BCUT2D eigenvalue weighted by molar-refractivity contribution is 0.0978. The Morgan fingerprint density at radius 1 is 0.758 bits per heavy atom. The maximum absolute atomic E-state index is 13.2. The molecular formula is C30H33NO2. The van der Waals surface area contributed by atoms with Crippen molar-refractivity contribution < 1.29 is 9.59 Å². The normalized spacial score (nSPS) is 11.4. The Labute approximate surface area is 196 Å². The van der Waals surface area contributed by atoms with Gasteiger partial charge in [-0.15, -0.1) is 0 Å². The van der Waals surface area contributed by atoms with Crippen molar-refractivity contribution >= 4 is 33.4 Å². The van der Waals surface area contributed by atoms with Crippen molar-refractivity contribution in [2.75, 3.05) is 0 Å². The molecule has 4 rings (SSSR count). The first-order valence-corrected chi connectivity index (χ1v) is 12.2. The number of fused-ring (bicyclic) bond motifs is 3. The third-order valence-corrected chi connectivity index (χ3v) is 6.66. The van der Waals surface area contributed by atoms with Gasteiger partial charge in [-0.25, -0.2) is 0 Å². The molecule has 0 aliphatic carbocycles. The third kappa shape index (κ3) is 4.64. The molecule has 0 saturated heterocycles. The van der Waals surface area contributed by atoms with Crippen LogP contribution in [0.25, 0.3) is 21.8 Å². The summed E-state index contributed by atoms with van der Waals surface area (Å²) >= 11 is 0.